The predicted octanol–water partition coefficient (Wildman–Crippen LogP) is 3.10. The van der Waals surface area contributed by atoms with E-state index in [1.165, 1.54) is 19.3 Å². The fraction of sp³-hybridized carbons (Fsp3) is 0.600. The van der Waals surface area contributed by atoms with Crippen molar-refractivity contribution >= 4 is 0 Å². The maximum Gasteiger partial charge on any atom is 0.128 e. The van der Waals surface area contributed by atoms with E-state index < -0.39 is 5.60 Å². The molecule has 1 saturated carbocycles. The number of hydrogen-bond acceptors (Lipinski definition) is 3. The summed E-state index contributed by atoms with van der Waals surface area (Å²) in [6.45, 7) is 1.87. The smallest absolute Gasteiger partial charge is 0.128 e. The molecule has 1 aromatic rings. The van der Waals surface area contributed by atoms with Crippen molar-refractivity contribution in [1.29, 1.82) is 0 Å². The van der Waals surface area contributed by atoms with Gasteiger partial charge in [-0.1, -0.05) is 19.3 Å². The standard InChI is InChI=1S/C15H22O3/c1-15(16,10-11-5-4-6-11)13-8-7-12(17-2)9-14(13)18-3/h7-9,11,16H,4-6,10H2,1-3H3. The van der Waals surface area contributed by atoms with Gasteiger partial charge in [0.05, 0.1) is 19.8 Å². The normalized spacial score (nSPS) is 18.9. The fourth-order valence-electron chi connectivity index (χ4n) is 2.61. The Morgan fingerprint density at radius 2 is 2.00 bits per heavy atom. The molecule has 1 N–H and O–H groups in total. The van der Waals surface area contributed by atoms with Crippen LogP contribution in [0.5, 0.6) is 11.5 Å². The van der Waals surface area contributed by atoms with Crippen LogP contribution >= 0.6 is 0 Å². The van der Waals surface area contributed by atoms with E-state index in [1.54, 1.807) is 14.2 Å². The molecule has 0 bridgehead atoms. The van der Waals surface area contributed by atoms with Gasteiger partial charge in [-0.2, -0.15) is 0 Å². The summed E-state index contributed by atoms with van der Waals surface area (Å²) < 4.78 is 10.5. The Balaban J connectivity index is 2.24. The van der Waals surface area contributed by atoms with Crippen LogP contribution in [0, 0.1) is 5.92 Å². The molecule has 18 heavy (non-hydrogen) atoms. The highest BCUT2D eigenvalue weighted by Crippen LogP contribution is 2.41. The second-order valence-corrected chi connectivity index (χ2v) is 5.34. The molecular formula is C15H22O3. The summed E-state index contributed by atoms with van der Waals surface area (Å²) in [7, 11) is 3.25. The van der Waals surface area contributed by atoms with Gasteiger partial charge in [0.25, 0.3) is 0 Å². The second-order valence-electron chi connectivity index (χ2n) is 5.34. The van der Waals surface area contributed by atoms with Crippen molar-refractivity contribution in [2.45, 2.75) is 38.2 Å². The van der Waals surface area contributed by atoms with Crippen molar-refractivity contribution in [2.75, 3.05) is 14.2 Å². The van der Waals surface area contributed by atoms with E-state index in [-0.39, 0.29) is 0 Å². The first kappa shape index (κ1) is 13.2. The lowest BCUT2D eigenvalue weighted by Crippen LogP contribution is -2.28. The van der Waals surface area contributed by atoms with Gasteiger partial charge in [-0.15, -0.1) is 0 Å². The van der Waals surface area contributed by atoms with Crippen LogP contribution in [0.25, 0.3) is 0 Å². The fourth-order valence-corrected chi connectivity index (χ4v) is 2.61. The van der Waals surface area contributed by atoms with Crippen LogP contribution in [0.15, 0.2) is 18.2 Å². The quantitative estimate of drug-likeness (QED) is 0.872. The van der Waals surface area contributed by atoms with E-state index in [1.807, 2.05) is 25.1 Å². The molecule has 0 aliphatic heterocycles. The number of rotatable bonds is 5. The molecule has 1 aliphatic carbocycles. The first-order valence-corrected chi connectivity index (χ1v) is 6.51. The summed E-state index contributed by atoms with van der Waals surface area (Å²) in [5.41, 5.74) is 0.0144. The SMILES string of the molecule is COc1ccc(C(C)(O)CC2CCC2)c(OC)c1. The van der Waals surface area contributed by atoms with E-state index in [0.717, 1.165) is 17.7 Å². The van der Waals surface area contributed by atoms with Gasteiger partial charge >= 0.3 is 0 Å². The summed E-state index contributed by atoms with van der Waals surface area (Å²) >= 11 is 0. The van der Waals surface area contributed by atoms with E-state index in [0.29, 0.717) is 11.7 Å². The van der Waals surface area contributed by atoms with E-state index in [9.17, 15) is 5.11 Å². The summed E-state index contributed by atoms with van der Waals surface area (Å²) in [5.74, 6) is 2.08. The Labute approximate surface area is 109 Å². The summed E-state index contributed by atoms with van der Waals surface area (Å²) in [4.78, 5) is 0. The lowest BCUT2D eigenvalue weighted by Gasteiger charge is -2.34. The molecule has 0 saturated heterocycles. The van der Waals surface area contributed by atoms with Crippen LogP contribution in [-0.2, 0) is 5.60 Å². The van der Waals surface area contributed by atoms with Crippen LogP contribution < -0.4 is 9.47 Å². The van der Waals surface area contributed by atoms with E-state index >= 15 is 0 Å². The summed E-state index contributed by atoms with van der Waals surface area (Å²) in [5, 5.41) is 10.7. The summed E-state index contributed by atoms with van der Waals surface area (Å²) in [6, 6.07) is 5.59. The molecule has 100 valence electrons. The minimum absolute atomic E-state index is 0.645. The Morgan fingerprint density at radius 3 is 2.50 bits per heavy atom. The van der Waals surface area contributed by atoms with Crippen molar-refractivity contribution in [3.05, 3.63) is 23.8 Å². The first-order valence-electron chi connectivity index (χ1n) is 6.51. The van der Waals surface area contributed by atoms with Crippen molar-refractivity contribution in [3.63, 3.8) is 0 Å². The largest absolute Gasteiger partial charge is 0.497 e. The van der Waals surface area contributed by atoms with Crippen LogP contribution in [0.3, 0.4) is 0 Å². The molecule has 0 amide bonds. The Hall–Kier alpha value is -1.22. The van der Waals surface area contributed by atoms with Crippen molar-refractivity contribution < 1.29 is 14.6 Å². The maximum atomic E-state index is 10.7. The minimum atomic E-state index is -0.831. The molecule has 0 heterocycles. The topological polar surface area (TPSA) is 38.7 Å². The van der Waals surface area contributed by atoms with E-state index in [2.05, 4.69) is 0 Å². The average Bonchev–Trinajstić information content (AvgIpc) is 2.33. The highest BCUT2D eigenvalue weighted by molar-refractivity contribution is 5.43. The molecule has 1 unspecified atom stereocenters. The Bertz CT molecular complexity index is 408. The molecule has 1 fully saturated rings. The lowest BCUT2D eigenvalue weighted by atomic mass is 9.75. The molecule has 3 heteroatoms. The molecule has 3 nitrogen and oxygen atoms in total. The Morgan fingerprint density at radius 1 is 1.28 bits per heavy atom. The summed E-state index contributed by atoms with van der Waals surface area (Å²) in [6.07, 6.45) is 4.55. The molecular weight excluding hydrogens is 228 g/mol. The third-order valence-corrected chi connectivity index (χ3v) is 3.90. The minimum Gasteiger partial charge on any atom is -0.497 e. The highest BCUT2D eigenvalue weighted by Gasteiger charge is 2.32. The zero-order valence-electron chi connectivity index (χ0n) is 11.4. The Kier molecular flexibility index (Phi) is 3.81. The average molecular weight is 250 g/mol. The molecule has 2 rings (SSSR count). The van der Waals surface area contributed by atoms with Gasteiger partial charge in [0, 0.05) is 11.6 Å². The molecule has 1 aliphatic rings. The maximum absolute atomic E-state index is 10.7. The van der Waals surface area contributed by atoms with Crippen molar-refractivity contribution in [2.24, 2.45) is 5.92 Å². The van der Waals surface area contributed by atoms with Crippen LogP contribution in [0.2, 0.25) is 0 Å². The lowest BCUT2D eigenvalue weighted by molar-refractivity contribution is 0.0142. The van der Waals surface area contributed by atoms with Crippen LogP contribution in [0.4, 0.5) is 0 Å². The molecule has 0 spiro atoms. The van der Waals surface area contributed by atoms with Crippen LogP contribution in [0.1, 0.15) is 38.2 Å². The van der Waals surface area contributed by atoms with Crippen molar-refractivity contribution in [3.8, 4) is 11.5 Å². The third-order valence-electron chi connectivity index (χ3n) is 3.90. The molecule has 0 radical (unpaired) electrons. The number of benzene rings is 1. The monoisotopic (exact) mass is 250 g/mol. The highest BCUT2D eigenvalue weighted by atomic mass is 16.5. The van der Waals surface area contributed by atoms with Gasteiger partial charge in [0.2, 0.25) is 0 Å². The number of hydrogen-bond donors (Lipinski definition) is 1. The van der Waals surface area contributed by atoms with Crippen molar-refractivity contribution in [1.82, 2.24) is 0 Å². The van der Waals surface area contributed by atoms with Gasteiger partial charge in [-0.3, -0.25) is 0 Å². The third kappa shape index (κ3) is 2.61. The molecule has 1 atom stereocenters. The van der Waals surface area contributed by atoms with Gasteiger partial charge in [-0.25, -0.2) is 0 Å². The van der Waals surface area contributed by atoms with Gasteiger partial charge in [-0.05, 0) is 31.4 Å². The zero-order chi connectivity index (χ0) is 13.2. The van der Waals surface area contributed by atoms with Crippen LogP contribution in [-0.4, -0.2) is 19.3 Å². The number of ether oxygens (including phenoxy) is 2. The zero-order valence-corrected chi connectivity index (χ0v) is 11.4. The first-order chi connectivity index (χ1) is 8.56. The molecule has 0 aromatic heterocycles. The van der Waals surface area contributed by atoms with Gasteiger partial charge < -0.3 is 14.6 Å². The van der Waals surface area contributed by atoms with Gasteiger partial charge in [0.15, 0.2) is 0 Å². The second kappa shape index (κ2) is 5.19. The number of aliphatic hydroxyl groups is 1. The molecule has 1 aromatic carbocycles. The van der Waals surface area contributed by atoms with E-state index in [4.69, 9.17) is 9.47 Å². The number of methoxy groups -OCH3 is 2. The van der Waals surface area contributed by atoms with Gasteiger partial charge in [0.1, 0.15) is 11.5 Å². The predicted molar refractivity (Wildman–Crippen MR) is 71.1 cm³/mol.